The van der Waals surface area contributed by atoms with E-state index in [1.807, 2.05) is 44.6 Å². The van der Waals surface area contributed by atoms with Gasteiger partial charge in [0.2, 0.25) is 0 Å². The molecule has 0 spiro atoms. The number of hydrogen-bond donors (Lipinski definition) is 2. The second kappa shape index (κ2) is 6.96. The fourth-order valence-corrected chi connectivity index (χ4v) is 2.25. The largest absolute Gasteiger partial charge is 0.372 e. The minimum atomic E-state index is -1.62. The molecule has 1 aromatic carbocycles. The van der Waals surface area contributed by atoms with Gasteiger partial charge in [0.25, 0.3) is 0 Å². The van der Waals surface area contributed by atoms with Crippen molar-refractivity contribution in [1.29, 1.82) is 0 Å². The number of aromatic nitrogens is 1. The molecular formula is C17H22FN3O. The standard InChI is InChI=1S/C17H22FN3O/c1-21(2)12-16-8-5-14(11-20-16)13-3-6-15(7-4-13)17(19,22)9-10-18/h3-8,11,22H,9-10,12,19H2,1-2H3. The van der Waals surface area contributed by atoms with Crippen molar-refractivity contribution in [3.8, 4) is 11.1 Å². The molecule has 1 atom stereocenters. The van der Waals surface area contributed by atoms with Crippen LogP contribution in [0.2, 0.25) is 0 Å². The van der Waals surface area contributed by atoms with Crippen molar-refractivity contribution in [3.63, 3.8) is 0 Å². The monoisotopic (exact) mass is 303 g/mol. The Morgan fingerprint density at radius 3 is 2.27 bits per heavy atom. The Labute approximate surface area is 130 Å². The second-order valence-corrected chi connectivity index (χ2v) is 5.72. The zero-order valence-corrected chi connectivity index (χ0v) is 13.0. The molecule has 118 valence electrons. The summed E-state index contributed by atoms with van der Waals surface area (Å²) in [5.74, 6) is 0. The lowest BCUT2D eigenvalue weighted by Gasteiger charge is -2.22. The smallest absolute Gasteiger partial charge is 0.142 e. The Hall–Kier alpha value is -1.82. The van der Waals surface area contributed by atoms with Gasteiger partial charge in [0, 0.05) is 24.7 Å². The molecular weight excluding hydrogens is 281 g/mol. The molecule has 1 aromatic heterocycles. The van der Waals surface area contributed by atoms with Gasteiger partial charge in [-0.1, -0.05) is 30.3 Å². The number of rotatable bonds is 6. The van der Waals surface area contributed by atoms with Crippen LogP contribution in [0.25, 0.3) is 11.1 Å². The van der Waals surface area contributed by atoms with Gasteiger partial charge in [-0.25, -0.2) is 0 Å². The lowest BCUT2D eigenvalue weighted by Crippen LogP contribution is -2.36. The van der Waals surface area contributed by atoms with Crippen LogP contribution in [0.5, 0.6) is 0 Å². The molecule has 22 heavy (non-hydrogen) atoms. The van der Waals surface area contributed by atoms with Crippen molar-refractivity contribution >= 4 is 0 Å². The fraction of sp³-hybridized carbons (Fsp3) is 0.353. The molecule has 5 heteroatoms. The van der Waals surface area contributed by atoms with Crippen molar-refractivity contribution in [2.24, 2.45) is 5.73 Å². The summed E-state index contributed by atoms with van der Waals surface area (Å²) >= 11 is 0. The van der Waals surface area contributed by atoms with Crippen LogP contribution < -0.4 is 5.73 Å². The highest BCUT2D eigenvalue weighted by molar-refractivity contribution is 5.62. The fourth-order valence-electron chi connectivity index (χ4n) is 2.25. The van der Waals surface area contributed by atoms with E-state index in [4.69, 9.17) is 5.73 Å². The highest BCUT2D eigenvalue weighted by atomic mass is 19.1. The molecule has 0 aliphatic rings. The number of aliphatic hydroxyl groups is 1. The Bertz CT molecular complexity index is 594. The first kappa shape index (κ1) is 16.5. The molecule has 0 amide bonds. The number of halogens is 1. The highest BCUT2D eigenvalue weighted by Gasteiger charge is 2.23. The topological polar surface area (TPSA) is 62.4 Å². The van der Waals surface area contributed by atoms with Crippen LogP contribution in [0.3, 0.4) is 0 Å². The zero-order chi connectivity index (χ0) is 16.2. The summed E-state index contributed by atoms with van der Waals surface area (Å²) in [5, 5.41) is 9.99. The molecule has 3 N–H and O–H groups in total. The molecule has 0 aliphatic heterocycles. The number of pyridine rings is 1. The third-order valence-corrected chi connectivity index (χ3v) is 3.50. The van der Waals surface area contributed by atoms with E-state index in [2.05, 4.69) is 9.88 Å². The van der Waals surface area contributed by atoms with Crippen LogP contribution in [0.15, 0.2) is 42.6 Å². The molecule has 0 bridgehead atoms. The van der Waals surface area contributed by atoms with E-state index in [1.54, 1.807) is 12.1 Å². The van der Waals surface area contributed by atoms with Gasteiger partial charge in [-0.15, -0.1) is 0 Å². The average Bonchev–Trinajstić information content (AvgIpc) is 2.47. The van der Waals surface area contributed by atoms with Crippen LogP contribution in [0, 0.1) is 0 Å². The van der Waals surface area contributed by atoms with Gasteiger partial charge < -0.3 is 10.0 Å². The quantitative estimate of drug-likeness (QED) is 0.804. The maximum absolute atomic E-state index is 12.4. The summed E-state index contributed by atoms with van der Waals surface area (Å²) in [4.78, 5) is 6.49. The lowest BCUT2D eigenvalue weighted by molar-refractivity contribution is 0.0278. The maximum Gasteiger partial charge on any atom is 0.142 e. The summed E-state index contributed by atoms with van der Waals surface area (Å²) in [7, 11) is 4.00. The van der Waals surface area contributed by atoms with Gasteiger partial charge in [0.05, 0.1) is 12.4 Å². The first-order valence-electron chi connectivity index (χ1n) is 7.20. The molecule has 0 aliphatic carbocycles. The molecule has 0 saturated carbocycles. The third kappa shape index (κ3) is 4.10. The molecule has 0 saturated heterocycles. The average molecular weight is 303 g/mol. The first-order valence-corrected chi connectivity index (χ1v) is 7.20. The Morgan fingerprint density at radius 2 is 1.77 bits per heavy atom. The van der Waals surface area contributed by atoms with Gasteiger partial charge in [-0.3, -0.25) is 15.1 Å². The predicted molar refractivity (Wildman–Crippen MR) is 85.7 cm³/mol. The van der Waals surface area contributed by atoms with E-state index in [0.29, 0.717) is 5.56 Å². The zero-order valence-electron chi connectivity index (χ0n) is 13.0. The molecule has 1 unspecified atom stereocenters. The van der Waals surface area contributed by atoms with E-state index in [1.165, 1.54) is 0 Å². The number of alkyl halides is 1. The predicted octanol–water partition coefficient (Wildman–Crippen LogP) is 2.27. The summed E-state index contributed by atoms with van der Waals surface area (Å²) < 4.78 is 12.4. The number of nitrogens with zero attached hydrogens (tertiary/aromatic N) is 2. The van der Waals surface area contributed by atoms with E-state index < -0.39 is 12.4 Å². The summed E-state index contributed by atoms with van der Waals surface area (Å²) in [5.41, 5.74) is 7.55. The van der Waals surface area contributed by atoms with Crippen molar-refractivity contribution in [2.75, 3.05) is 20.8 Å². The Balaban J connectivity index is 2.16. The second-order valence-electron chi connectivity index (χ2n) is 5.72. The third-order valence-electron chi connectivity index (χ3n) is 3.50. The summed E-state index contributed by atoms with van der Waals surface area (Å²) in [6.07, 6.45) is 1.71. The Morgan fingerprint density at radius 1 is 1.14 bits per heavy atom. The molecule has 0 fully saturated rings. The number of nitrogens with two attached hydrogens (primary N) is 1. The summed E-state index contributed by atoms with van der Waals surface area (Å²) in [6, 6.07) is 11.2. The van der Waals surface area contributed by atoms with Crippen LogP contribution in [-0.2, 0) is 12.3 Å². The van der Waals surface area contributed by atoms with E-state index >= 15 is 0 Å². The van der Waals surface area contributed by atoms with Crippen molar-refractivity contribution in [2.45, 2.75) is 18.7 Å². The number of benzene rings is 1. The lowest BCUT2D eigenvalue weighted by atomic mass is 9.98. The van der Waals surface area contributed by atoms with Gasteiger partial charge in [-0.2, -0.15) is 0 Å². The molecule has 0 radical (unpaired) electrons. The van der Waals surface area contributed by atoms with Gasteiger partial charge >= 0.3 is 0 Å². The molecule has 4 nitrogen and oxygen atoms in total. The van der Waals surface area contributed by atoms with Gasteiger partial charge in [0.1, 0.15) is 5.72 Å². The molecule has 1 heterocycles. The van der Waals surface area contributed by atoms with Crippen molar-refractivity contribution < 1.29 is 9.50 Å². The minimum Gasteiger partial charge on any atom is -0.372 e. The molecule has 2 rings (SSSR count). The first-order chi connectivity index (χ1) is 10.4. The van der Waals surface area contributed by atoms with Crippen LogP contribution in [0.1, 0.15) is 17.7 Å². The van der Waals surface area contributed by atoms with E-state index in [-0.39, 0.29) is 6.42 Å². The van der Waals surface area contributed by atoms with Gasteiger partial charge in [-0.05, 0) is 31.3 Å². The maximum atomic E-state index is 12.4. The number of hydrogen-bond acceptors (Lipinski definition) is 4. The SMILES string of the molecule is CN(C)Cc1ccc(-c2ccc(C(N)(O)CCF)cc2)cn1. The highest BCUT2D eigenvalue weighted by Crippen LogP contribution is 2.24. The van der Waals surface area contributed by atoms with Crippen LogP contribution in [-0.4, -0.2) is 35.8 Å². The van der Waals surface area contributed by atoms with Crippen molar-refractivity contribution in [1.82, 2.24) is 9.88 Å². The minimum absolute atomic E-state index is 0.118. The Kier molecular flexibility index (Phi) is 5.24. The van der Waals surface area contributed by atoms with E-state index in [0.717, 1.165) is 23.4 Å². The summed E-state index contributed by atoms with van der Waals surface area (Å²) in [6.45, 7) is 0.134. The van der Waals surface area contributed by atoms with Crippen molar-refractivity contribution in [3.05, 3.63) is 53.9 Å². The normalized spacial score (nSPS) is 14.1. The van der Waals surface area contributed by atoms with Crippen LogP contribution in [0.4, 0.5) is 4.39 Å². The molecule has 2 aromatic rings. The van der Waals surface area contributed by atoms with E-state index in [9.17, 15) is 9.50 Å². The van der Waals surface area contributed by atoms with Crippen LogP contribution >= 0.6 is 0 Å². The van der Waals surface area contributed by atoms with Gasteiger partial charge in [0.15, 0.2) is 0 Å².